The summed E-state index contributed by atoms with van der Waals surface area (Å²) < 4.78 is 0. The van der Waals surface area contributed by atoms with Crippen LogP contribution in [0, 0.1) is 0 Å². The molecule has 0 fully saturated rings. The molecular weight excluding hydrogens is 691 g/mol. The summed E-state index contributed by atoms with van der Waals surface area (Å²) in [6, 6.07) is 60.1. The molecule has 0 saturated heterocycles. The fraction of sp³-hybridized carbons (Fsp3) is 0.111. The lowest BCUT2D eigenvalue weighted by Gasteiger charge is -2.34. The lowest BCUT2D eigenvalue weighted by molar-refractivity contribution is 0.567. The molecule has 57 heavy (non-hydrogen) atoms. The topological polar surface area (TPSA) is 29.0 Å². The first kappa shape index (κ1) is 32.4. The Morgan fingerprint density at radius 3 is 1.98 bits per heavy atom. The third kappa shape index (κ3) is 4.66. The molecule has 0 amide bonds. The molecule has 8 aromatic carbocycles. The van der Waals surface area contributed by atoms with Gasteiger partial charge in [-0.15, -0.1) is 0 Å². The van der Waals surface area contributed by atoms with Gasteiger partial charge in [-0.25, -0.2) is 9.97 Å². The zero-order valence-corrected chi connectivity index (χ0v) is 32.2. The summed E-state index contributed by atoms with van der Waals surface area (Å²) >= 11 is 0. The second-order valence-corrected chi connectivity index (χ2v) is 16.9. The summed E-state index contributed by atoms with van der Waals surface area (Å²) in [6.45, 7) is 7.06. The number of nitrogens with zero attached hydrogens (tertiary/aromatic N) is 3. The van der Waals surface area contributed by atoms with Gasteiger partial charge in [0.25, 0.3) is 0 Å². The van der Waals surface area contributed by atoms with Crippen LogP contribution in [0.1, 0.15) is 48.6 Å². The normalized spacial score (nSPS) is 17.2. The van der Waals surface area contributed by atoms with Gasteiger partial charge in [0.15, 0.2) is 5.82 Å². The van der Waals surface area contributed by atoms with Crippen LogP contribution in [-0.4, -0.2) is 9.97 Å². The van der Waals surface area contributed by atoms with Crippen molar-refractivity contribution < 1.29 is 0 Å². The molecule has 2 aliphatic carbocycles. The number of benzene rings is 8. The van der Waals surface area contributed by atoms with Gasteiger partial charge in [-0.05, 0) is 110 Å². The maximum atomic E-state index is 5.49. The number of hydrogen-bond donors (Lipinski definition) is 0. The summed E-state index contributed by atoms with van der Waals surface area (Å²) in [5, 5.41) is 7.32. The predicted octanol–water partition coefficient (Wildman–Crippen LogP) is 13.6. The summed E-state index contributed by atoms with van der Waals surface area (Å²) in [7, 11) is 0. The van der Waals surface area contributed by atoms with Crippen LogP contribution in [-0.2, 0) is 17.3 Å². The molecule has 12 rings (SSSR count). The van der Waals surface area contributed by atoms with Crippen LogP contribution in [0.15, 0.2) is 169 Å². The van der Waals surface area contributed by atoms with E-state index >= 15 is 0 Å². The standard InChI is InChI=1S/C54H39N3/c1-53(2)45-19-11-10-18-44(45)51-49(53)50(39-22-20-33-12-4-5-13-35(33)26-39)55-52(56-51)40-23-21-34-24-25-43(28-42(34)27-40)57-47-30-37-15-7-6-14-36(37)29-46(47)54(3)32-41-17-9-8-16-38(41)31-48(54)57/h4-31H,32H2,1-3H3. The van der Waals surface area contributed by atoms with Gasteiger partial charge in [0.05, 0.1) is 17.1 Å². The molecule has 1 aromatic heterocycles. The Hall–Kier alpha value is -6.84. The average Bonchev–Trinajstić information content (AvgIpc) is 3.63. The first-order valence-electron chi connectivity index (χ1n) is 20.0. The second kappa shape index (κ2) is 11.6. The molecule has 3 aliphatic rings. The fourth-order valence-corrected chi connectivity index (χ4v) is 10.2. The van der Waals surface area contributed by atoms with E-state index in [0.717, 1.165) is 45.8 Å². The highest BCUT2D eigenvalue weighted by atomic mass is 15.2. The molecule has 0 saturated carbocycles. The Morgan fingerprint density at radius 1 is 0.509 bits per heavy atom. The Labute approximate surface area is 332 Å². The van der Waals surface area contributed by atoms with Crippen molar-refractivity contribution in [3.63, 3.8) is 0 Å². The first-order chi connectivity index (χ1) is 27.8. The zero-order valence-electron chi connectivity index (χ0n) is 32.2. The Balaban J connectivity index is 1.05. The molecule has 0 N–H and O–H groups in total. The first-order valence-corrected chi connectivity index (χ1v) is 20.0. The van der Waals surface area contributed by atoms with Gasteiger partial charge in [-0.3, -0.25) is 0 Å². The smallest absolute Gasteiger partial charge is 0.160 e. The van der Waals surface area contributed by atoms with Crippen LogP contribution in [0.4, 0.5) is 11.4 Å². The largest absolute Gasteiger partial charge is 0.313 e. The molecule has 1 atom stereocenters. The third-order valence-electron chi connectivity index (χ3n) is 13.1. The molecule has 270 valence electrons. The van der Waals surface area contributed by atoms with E-state index in [4.69, 9.17) is 9.97 Å². The Morgan fingerprint density at radius 2 is 1.14 bits per heavy atom. The number of allylic oxidation sites excluding steroid dienone is 1. The number of rotatable bonds is 3. The van der Waals surface area contributed by atoms with Gasteiger partial charge >= 0.3 is 0 Å². The summed E-state index contributed by atoms with van der Waals surface area (Å²) in [5.74, 6) is 0.744. The van der Waals surface area contributed by atoms with Gasteiger partial charge in [-0.2, -0.15) is 0 Å². The maximum Gasteiger partial charge on any atom is 0.160 e. The van der Waals surface area contributed by atoms with Crippen molar-refractivity contribution in [1.82, 2.24) is 9.97 Å². The number of aromatic nitrogens is 2. The van der Waals surface area contributed by atoms with Crippen molar-refractivity contribution in [2.24, 2.45) is 0 Å². The lowest BCUT2D eigenvalue weighted by Crippen LogP contribution is -2.31. The molecule has 9 aromatic rings. The van der Waals surface area contributed by atoms with E-state index in [1.807, 2.05) is 0 Å². The van der Waals surface area contributed by atoms with Crippen LogP contribution >= 0.6 is 0 Å². The van der Waals surface area contributed by atoms with Gasteiger partial charge in [-0.1, -0.05) is 141 Å². The monoisotopic (exact) mass is 729 g/mol. The summed E-state index contributed by atoms with van der Waals surface area (Å²) in [5.41, 5.74) is 15.2. The number of hydrogen-bond acceptors (Lipinski definition) is 3. The van der Waals surface area contributed by atoms with Crippen molar-refractivity contribution in [1.29, 1.82) is 0 Å². The molecule has 0 spiro atoms. The molecule has 1 aliphatic heterocycles. The van der Waals surface area contributed by atoms with Crippen LogP contribution in [0.5, 0.6) is 0 Å². The Kier molecular flexibility index (Phi) is 6.59. The van der Waals surface area contributed by atoms with Gasteiger partial charge in [0, 0.05) is 44.5 Å². The van der Waals surface area contributed by atoms with Crippen LogP contribution in [0.3, 0.4) is 0 Å². The molecule has 0 radical (unpaired) electrons. The highest BCUT2D eigenvalue weighted by Gasteiger charge is 2.46. The van der Waals surface area contributed by atoms with Crippen LogP contribution < -0.4 is 4.90 Å². The minimum Gasteiger partial charge on any atom is -0.313 e. The van der Waals surface area contributed by atoms with Crippen molar-refractivity contribution in [2.75, 3.05) is 4.90 Å². The Bertz CT molecular complexity index is 3220. The molecule has 3 heteroatoms. The predicted molar refractivity (Wildman–Crippen MR) is 237 cm³/mol. The lowest BCUT2D eigenvalue weighted by atomic mass is 9.72. The van der Waals surface area contributed by atoms with E-state index in [1.165, 1.54) is 71.7 Å². The molecule has 0 bridgehead atoms. The van der Waals surface area contributed by atoms with Gasteiger partial charge in [0.1, 0.15) is 0 Å². The fourth-order valence-electron chi connectivity index (χ4n) is 10.2. The van der Waals surface area contributed by atoms with E-state index in [9.17, 15) is 0 Å². The maximum absolute atomic E-state index is 5.49. The third-order valence-corrected chi connectivity index (χ3v) is 13.1. The van der Waals surface area contributed by atoms with Crippen LogP contribution in [0.25, 0.3) is 72.3 Å². The van der Waals surface area contributed by atoms with E-state index in [2.05, 4.69) is 196 Å². The van der Waals surface area contributed by atoms with E-state index in [1.54, 1.807) is 0 Å². The van der Waals surface area contributed by atoms with E-state index in [0.29, 0.717) is 0 Å². The average molecular weight is 730 g/mol. The summed E-state index contributed by atoms with van der Waals surface area (Å²) in [4.78, 5) is 13.4. The minimum absolute atomic E-state index is 0.161. The van der Waals surface area contributed by atoms with Crippen LogP contribution in [0.2, 0.25) is 0 Å². The minimum atomic E-state index is -0.246. The highest BCUT2D eigenvalue weighted by Crippen LogP contribution is 2.57. The molecule has 2 heterocycles. The van der Waals surface area contributed by atoms with E-state index in [-0.39, 0.29) is 10.8 Å². The quantitative estimate of drug-likeness (QED) is 0.181. The van der Waals surface area contributed by atoms with Gasteiger partial charge in [0.2, 0.25) is 0 Å². The molecular formula is C54H39N3. The van der Waals surface area contributed by atoms with Crippen molar-refractivity contribution in [3.05, 3.63) is 197 Å². The number of fused-ring (bicyclic) bond motifs is 10. The second-order valence-electron chi connectivity index (χ2n) is 16.9. The van der Waals surface area contributed by atoms with Crippen molar-refractivity contribution in [2.45, 2.75) is 38.0 Å². The highest BCUT2D eigenvalue weighted by molar-refractivity contribution is 5.98. The van der Waals surface area contributed by atoms with Crippen molar-refractivity contribution >= 4 is 49.8 Å². The summed E-state index contributed by atoms with van der Waals surface area (Å²) in [6.07, 6.45) is 3.39. The van der Waals surface area contributed by atoms with Crippen molar-refractivity contribution in [3.8, 4) is 33.9 Å². The van der Waals surface area contributed by atoms with E-state index < -0.39 is 0 Å². The number of anilines is 2. The zero-order chi connectivity index (χ0) is 38.0. The SMILES string of the molecule is CC12Cc3ccccc3C=C1N(c1ccc3ccc(-c4nc(-c5ccc6ccccc6c5)c5c(n4)-c4ccccc4C5(C)C)cc3c1)c1cc3ccccc3cc12. The van der Waals surface area contributed by atoms with Gasteiger partial charge < -0.3 is 4.90 Å². The molecule has 3 nitrogen and oxygen atoms in total. The molecule has 1 unspecified atom stereocenters.